The van der Waals surface area contributed by atoms with E-state index in [0.29, 0.717) is 17.4 Å². The Bertz CT molecular complexity index is 896. The van der Waals surface area contributed by atoms with Crippen LogP contribution < -0.4 is 4.72 Å². The molecule has 0 bridgehead atoms. The van der Waals surface area contributed by atoms with E-state index in [-0.39, 0.29) is 0 Å². The molecule has 1 N–H and O–H groups in total. The van der Waals surface area contributed by atoms with E-state index in [4.69, 9.17) is 4.52 Å². The largest absolute Gasteiger partial charge is 0.334 e. The van der Waals surface area contributed by atoms with Crippen LogP contribution in [0, 0.1) is 6.92 Å². The number of aryl methyl sites for hydroxylation is 1. The monoisotopic (exact) mass is 335 g/mol. The second kappa shape index (κ2) is 5.54. The first-order valence-corrected chi connectivity index (χ1v) is 9.21. The molecule has 8 heteroatoms. The molecule has 0 radical (unpaired) electrons. The van der Waals surface area contributed by atoms with Crippen molar-refractivity contribution in [2.24, 2.45) is 0 Å². The van der Waals surface area contributed by atoms with Crippen LogP contribution in [0.2, 0.25) is 0 Å². The maximum Gasteiger partial charge on any atom is 0.259 e. The summed E-state index contributed by atoms with van der Waals surface area (Å²) in [6.45, 7) is 1.99. The zero-order valence-corrected chi connectivity index (χ0v) is 13.5. The minimum atomic E-state index is -3.28. The molecular weight excluding hydrogens is 322 g/mol. The van der Waals surface area contributed by atoms with Crippen LogP contribution in [0.15, 0.2) is 39.5 Å². The van der Waals surface area contributed by atoms with Crippen LogP contribution >= 0.6 is 11.3 Å². The fourth-order valence-electron chi connectivity index (χ4n) is 1.93. The molecule has 1 aromatic carbocycles. The van der Waals surface area contributed by atoms with Crippen LogP contribution in [0.4, 0.5) is 5.69 Å². The first-order valence-electron chi connectivity index (χ1n) is 6.37. The standard InChI is InChI=1S/C14H13N3O3S2/c1-9-7-21-8-12(9)14-15-13(16-20-14)10-3-5-11(6-4-10)17-22(2,18)19/h3-8,17H,1-2H3. The van der Waals surface area contributed by atoms with Crippen molar-refractivity contribution in [2.45, 2.75) is 6.92 Å². The molecule has 0 unspecified atom stereocenters. The van der Waals surface area contributed by atoms with Crippen molar-refractivity contribution in [1.82, 2.24) is 10.1 Å². The highest BCUT2D eigenvalue weighted by molar-refractivity contribution is 7.92. The lowest BCUT2D eigenvalue weighted by Crippen LogP contribution is -2.09. The second-order valence-corrected chi connectivity index (χ2v) is 7.34. The molecule has 0 saturated heterocycles. The normalized spacial score (nSPS) is 11.5. The van der Waals surface area contributed by atoms with Crippen molar-refractivity contribution in [1.29, 1.82) is 0 Å². The molecule has 22 heavy (non-hydrogen) atoms. The van der Waals surface area contributed by atoms with Gasteiger partial charge in [-0.25, -0.2) is 8.42 Å². The van der Waals surface area contributed by atoms with Crippen LogP contribution in [0.3, 0.4) is 0 Å². The molecule has 0 aliphatic carbocycles. The Morgan fingerprint density at radius 1 is 1.18 bits per heavy atom. The van der Waals surface area contributed by atoms with Gasteiger partial charge in [0.1, 0.15) is 0 Å². The number of hydrogen-bond donors (Lipinski definition) is 1. The molecule has 0 fully saturated rings. The molecule has 0 atom stereocenters. The van der Waals surface area contributed by atoms with Crippen molar-refractivity contribution in [3.8, 4) is 22.8 Å². The summed E-state index contributed by atoms with van der Waals surface area (Å²) in [5.74, 6) is 0.943. The van der Waals surface area contributed by atoms with E-state index in [9.17, 15) is 8.42 Å². The van der Waals surface area contributed by atoms with Gasteiger partial charge in [-0.05, 0) is 42.1 Å². The summed E-state index contributed by atoms with van der Waals surface area (Å²) >= 11 is 1.58. The number of aromatic nitrogens is 2. The number of sulfonamides is 1. The molecule has 2 aromatic heterocycles. The third-order valence-corrected chi connectivity index (χ3v) is 4.43. The van der Waals surface area contributed by atoms with Gasteiger partial charge < -0.3 is 4.52 Å². The summed E-state index contributed by atoms with van der Waals surface area (Å²) in [7, 11) is -3.28. The van der Waals surface area contributed by atoms with E-state index in [1.165, 1.54) is 0 Å². The van der Waals surface area contributed by atoms with Crippen LogP contribution in [0.1, 0.15) is 5.56 Å². The third kappa shape index (κ3) is 3.18. The fourth-order valence-corrected chi connectivity index (χ4v) is 3.32. The molecular formula is C14H13N3O3S2. The third-order valence-electron chi connectivity index (χ3n) is 2.96. The molecule has 114 valence electrons. The molecule has 3 aromatic rings. The molecule has 0 spiro atoms. The maximum atomic E-state index is 11.2. The average molecular weight is 335 g/mol. The van der Waals surface area contributed by atoms with Crippen molar-refractivity contribution in [3.63, 3.8) is 0 Å². The lowest BCUT2D eigenvalue weighted by Gasteiger charge is -2.03. The summed E-state index contributed by atoms with van der Waals surface area (Å²) < 4.78 is 30.0. The zero-order valence-electron chi connectivity index (χ0n) is 11.9. The summed E-state index contributed by atoms with van der Waals surface area (Å²) in [4.78, 5) is 4.38. The second-order valence-electron chi connectivity index (χ2n) is 4.84. The number of anilines is 1. The van der Waals surface area contributed by atoms with Crippen LogP contribution in [0.5, 0.6) is 0 Å². The first-order chi connectivity index (χ1) is 10.4. The number of benzene rings is 1. The maximum absolute atomic E-state index is 11.2. The van der Waals surface area contributed by atoms with E-state index in [0.717, 1.165) is 22.9 Å². The van der Waals surface area contributed by atoms with Gasteiger partial charge in [-0.15, -0.1) is 0 Å². The molecule has 6 nitrogen and oxygen atoms in total. The van der Waals surface area contributed by atoms with E-state index in [2.05, 4.69) is 14.9 Å². The van der Waals surface area contributed by atoms with Gasteiger partial charge in [0.25, 0.3) is 5.89 Å². The Morgan fingerprint density at radius 2 is 1.91 bits per heavy atom. The molecule has 3 rings (SSSR count). The van der Waals surface area contributed by atoms with E-state index >= 15 is 0 Å². The fraction of sp³-hybridized carbons (Fsp3) is 0.143. The zero-order chi connectivity index (χ0) is 15.7. The lowest BCUT2D eigenvalue weighted by molar-refractivity contribution is 0.432. The highest BCUT2D eigenvalue weighted by atomic mass is 32.2. The number of nitrogens with one attached hydrogen (secondary N) is 1. The quantitative estimate of drug-likeness (QED) is 0.791. The number of hydrogen-bond acceptors (Lipinski definition) is 6. The van der Waals surface area contributed by atoms with Gasteiger partial charge >= 0.3 is 0 Å². The number of nitrogens with zero attached hydrogens (tertiary/aromatic N) is 2. The van der Waals surface area contributed by atoms with Crippen LogP contribution in [0.25, 0.3) is 22.8 Å². The Kier molecular flexibility index (Phi) is 3.71. The van der Waals surface area contributed by atoms with Gasteiger partial charge in [0.05, 0.1) is 11.8 Å². The Hall–Kier alpha value is -2.19. The van der Waals surface area contributed by atoms with Crippen LogP contribution in [-0.4, -0.2) is 24.8 Å². The summed E-state index contributed by atoms with van der Waals surface area (Å²) in [6.07, 6.45) is 1.11. The smallest absolute Gasteiger partial charge is 0.259 e. The minimum Gasteiger partial charge on any atom is -0.334 e. The van der Waals surface area contributed by atoms with Crippen molar-refractivity contribution < 1.29 is 12.9 Å². The first kappa shape index (κ1) is 14.7. The predicted molar refractivity (Wildman–Crippen MR) is 86.3 cm³/mol. The van der Waals surface area contributed by atoms with Gasteiger partial charge in [-0.1, -0.05) is 5.16 Å². The molecule has 2 heterocycles. The predicted octanol–water partition coefficient (Wildman–Crippen LogP) is 3.15. The molecule has 0 aliphatic rings. The van der Waals surface area contributed by atoms with Crippen molar-refractivity contribution in [2.75, 3.05) is 11.0 Å². The summed E-state index contributed by atoms with van der Waals surface area (Å²) in [5.41, 5.74) is 3.26. The van der Waals surface area contributed by atoms with Gasteiger partial charge in [0.15, 0.2) is 0 Å². The van der Waals surface area contributed by atoms with Crippen molar-refractivity contribution in [3.05, 3.63) is 40.6 Å². The number of thiophene rings is 1. The topological polar surface area (TPSA) is 85.1 Å². The highest BCUT2D eigenvalue weighted by Crippen LogP contribution is 2.27. The van der Waals surface area contributed by atoms with E-state index in [1.807, 2.05) is 17.7 Å². The average Bonchev–Trinajstić information content (AvgIpc) is 3.06. The van der Waals surface area contributed by atoms with Crippen LogP contribution in [-0.2, 0) is 10.0 Å². The Morgan fingerprint density at radius 3 is 2.50 bits per heavy atom. The van der Waals surface area contributed by atoms with Gasteiger partial charge in [-0.3, -0.25) is 4.72 Å². The SMILES string of the molecule is Cc1cscc1-c1nc(-c2ccc(NS(C)(=O)=O)cc2)no1. The van der Waals surface area contributed by atoms with E-state index < -0.39 is 10.0 Å². The van der Waals surface area contributed by atoms with Gasteiger partial charge in [0, 0.05) is 16.6 Å². The summed E-state index contributed by atoms with van der Waals surface area (Å²) in [5, 5.41) is 7.95. The summed E-state index contributed by atoms with van der Waals surface area (Å²) in [6, 6.07) is 6.79. The molecule has 0 amide bonds. The number of rotatable bonds is 4. The Balaban J connectivity index is 1.86. The lowest BCUT2D eigenvalue weighted by atomic mass is 10.2. The molecule has 0 saturated carbocycles. The van der Waals surface area contributed by atoms with E-state index in [1.54, 1.807) is 35.6 Å². The minimum absolute atomic E-state index is 0.464. The van der Waals surface area contributed by atoms with Gasteiger partial charge in [-0.2, -0.15) is 16.3 Å². The highest BCUT2D eigenvalue weighted by Gasteiger charge is 2.13. The molecule has 0 aliphatic heterocycles. The van der Waals surface area contributed by atoms with Gasteiger partial charge in [0.2, 0.25) is 15.8 Å². The van der Waals surface area contributed by atoms with Crippen molar-refractivity contribution >= 4 is 27.0 Å². The Labute approximate surface area is 131 Å².